The van der Waals surface area contributed by atoms with Crippen molar-refractivity contribution in [2.75, 3.05) is 25.2 Å². The number of aryl methyl sites for hydroxylation is 2. The number of anilines is 1. The maximum absolute atomic E-state index is 13.9. The third kappa shape index (κ3) is 5.38. The molecule has 0 aliphatic carbocycles. The summed E-state index contributed by atoms with van der Waals surface area (Å²) < 4.78 is 6.66. The monoisotopic (exact) mass is 471 g/mol. The first kappa shape index (κ1) is 24.1. The molecule has 0 radical (unpaired) electrons. The molecule has 0 spiro atoms. The van der Waals surface area contributed by atoms with E-state index in [0.29, 0.717) is 29.9 Å². The summed E-state index contributed by atoms with van der Waals surface area (Å²) in [7, 11) is 1.58. The first-order valence-electron chi connectivity index (χ1n) is 11.5. The van der Waals surface area contributed by atoms with Crippen molar-refractivity contribution in [3.63, 3.8) is 0 Å². The molecular formula is C27H29N5O3. The number of methoxy groups -OCH3 is 1. The van der Waals surface area contributed by atoms with Crippen LogP contribution in [0, 0.1) is 13.8 Å². The van der Waals surface area contributed by atoms with E-state index in [0.717, 1.165) is 16.6 Å². The van der Waals surface area contributed by atoms with Gasteiger partial charge >= 0.3 is 0 Å². The predicted octanol–water partition coefficient (Wildman–Crippen LogP) is 3.59. The van der Waals surface area contributed by atoms with Crippen molar-refractivity contribution in [1.82, 2.24) is 20.3 Å². The standard InChI is InChI=1S/C27H29N5O3/c1-19-13-14-22(17-20(19)2)32(25(33)18-31-24-12-8-7-11-23(24)29-30-31)26(21-9-5-4-6-10-21)27(34)28-15-16-35-3/h4-14,17,26H,15-16,18H2,1-3H3,(H,28,34)/t26-/m1/s1. The molecule has 2 amide bonds. The zero-order chi connectivity index (χ0) is 24.8. The average Bonchev–Trinajstić information content (AvgIpc) is 3.27. The molecule has 3 aromatic carbocycles. The highest BCUT2D eigenvalue weighted by atomic mass is 16.5. The highest BCUT2D eigenvalue weighted by molar-refractivity contribution is 6.01. The van der Waals surface area contributed by atoms with Crippen molar-refractivity contribution in [2.45, 2.75) is 26.4 Å². The topological polar surface area (TPSA) is 89.4 Å². The molecule has 1 heterocycles. The maximum atomic E-state index is 13.9. The van der Waals surface area contributed by atoms with Crippen LogP contribution in [0.25, 0.3) is 11.0 Å². The van der Waals surface area contributed by atoms with Gasteiger partial charge < -0.3 is 10.1 Å². The molecule has 1 aromatic heterocycles. The minimum atomic E-state index is -0.877. The van der Waals surface area contributed by atoms with Crippen LogP contribution in [0.5, 0.6) is 0 Å². The normalized spacial score (nSPS) is 11.9. The number of carbonyl (C=O) groups is 2. The smallest absolute Gasteiger partial charge is 0.249 e. The van der Waals surface area contributed by atoms with E-state index in [2.05, 4.69) is 15.6 Å². The fraction of sp³-hybridized carbons (Fsp3) is 0.259. The molecule has 180 valence electrons. The van der Waals surface area contributed by atoms with Crippen LogP contribution in [0.15, 0.2) is 72.8 Å². The van der Waals surface area contributed by atoms with Gasteiger partial charge in [0.2, 0.25) is 11.8 Å². The largest absolute Gasteiger partial charge is 0.383 e. The van der Waals surface area contributed by atoms with Crippen molar-refractivity contribution in [3.05, 3.63) is 89.5 Å². The second-order valence-electron chi connectivity index (χ2n) is 8.37. The Labute approximate surface area is 204 Å². The minimum absolute atomic E-state index is 0.0673. The molecule has 4 aromatic rings. The second kappa shape index (κ2) is 10.9. The zero-order valence-electron chi connectivity index (χ0n) is 20.1. The third-order valence-electron chi connectivity index (χ3n) is 5.97. The van der Waals surface area contributed by atoms with Gasteiger partial charge in [0.05, 0.1) is 12.1 Å². The summed E-state index contributed by atoms with van der Waals surface area (Å²) >= 11 is 0. The van der Waals surface area contributed by atoms with Crippen LogP contribution in [0.2, 0.25) is 0 Å². The number of aromatic nitrogens is 3. The quantitative estimate of drug-likeness (QED) is 0.377. The Morgan fingerprint density at radius 1 is 1.00 bits per heavy atom. The molecular weight excluding hydrogens is 442 g/mol. The van der Waals surface area contributed by atoms with E-state index in [-0.39, 0.29) is 18.4 Å². The summed E-state index contributed by atoms with van der Waals surface area (Å²) in [6, 6.07) is 21.7. The van der Waals surface area contributed by atoms with Crippen molar-refractivity contribution in [3.8, 4) is 0 Å². The highest BCUT2D eigenvalue weighted by Gasteiger charge is 2.33. The van der Waals surface area contributed by atoms with Crippen LogP contribution < -0.4 is 10.2 Å². The number of ether oxygens (including phenoxy) is 1. The highest BCUT2D eigenvalue weighted by Crippen LogP contribution is 2.30. The lowest BCUT2D eigenvalue weighted by atomic mass is 10.0. The fourth-order valence-corrected chi connectivity index (χ4v) is 3.98. The van der Waals surface area contributed by atoms with Gasteiger partial charge in [0.25, 0.3) is 0 Å². The van der Waals surface area contributed by atoms with Gasteiger partial charge in [-0.1, -0.05) is 53.7 Å². The zero-order valence-corrected chi connectivity index (χ0v) is 20.1. The predicted molar refractivity (Wildman–Crippen MR) is 135 cm³/mol. The van der Waals surface area contributed by atoms with Gasteiger partial charge in [0.15, 0.2) is 0 Å². The van der Waals surface area contributed by atoms with E-state index in [4.69, 9.17) is 4.74 Å². The van der Waals surface area contributed by atoms with Crippen LogP contribution >= 0.6 is 0 Å². The molecule has 0 aliphatic rings. The fourth-order valence-electron chi connectivity index (χ4n) is 3.98. The molecule has 4 rings (SSSR count). The Morgan fingerprint density at radius 3 is 2.49 bits per heavy atom. The van der Waals surface area contributed by atoms with Gasteiger partial charge in [-0.15, -0.1) is 5.10 Å². The SMILES string of the molecule is COCCNC(=O)[C@@H](c1ccccc1)N(C(=O)Cn1nnc2ccccc21)c1ccc(C)c(C)c1. The first-order chi connectivity index (χ1) is 17.0. The summed E-state index contributed by atoms with van der Waals surface area (Å²) in [5, 5.41) is 11.3. The lowest BCUT2D eigenvalue weighted by Gasteiger charge is -2.32. The van der Waals surface area contributed by atoms with Gasteiger partial charge in [-0.2, -0.15) is 0 Å². The first-order valence-corrected chi connectivity index (χ1v) is 11.5. The number of nitrogens with zero attached hydrogens (tertiary/aromatic N) is 4. The number of hydrogen-bond donors (Lipinski definition) is 1. The molecule has 35 heavy (non-hydrogen) atoms. The lowest BCUT2D eigenvalue weighted by Crippen LogP contribution is -2.46. The summed E-state index contributed by atoms with van der Waals surface area (Å²) in [4.78, 5) is 29.0. The number of benzene rings is 3. The number of nitrogens with one attached hydrogen (secondary N) is 1. The van der Waals surface area contributed by atoms with E-state index >= 15 is 0 Å². The number of fused-ring (bicyclic) bond motifs is 1. The molecule has 0 aliphatic heterocycles. The maximum Gasteiger partial charge on any atom is 0.249 e. The average molecular weight is 472 g/mol. The van der Waals surface area contributed by atoms with E-state index < -0.39 is 6.04 Å². The Balaban J connectivity index is 1.78. The minimum Gasteiger partial charge on any atom is -0.383 e. The van der Waals surface area contributed by atoms with Crippen LogP contribution in [0.4, 0.5) is 5.69 Å². The summed E-state index contributed by atoms with van der Waals surface area (Å²) in [6.07, 6.45) is 0. The second-order valence-corrected chi connectivity index (χ2v) is 8.37. The van der Waals surface area contributed by atoms with Gasteiger partial charge in [-0.3, -0.25) is 14.5 Å². The molecule has 0 fully saturated rings. The number of para-hydroxylation sites is 1. The van der Waals surface area contributed by atoms with Crippen LogP contribution in [0.1, 0.15) is 22.7 Å². The Bertz CT molecular complexity index is 1320. The number of carbonyl (C=O) groups excluding carboxylic acids is 2. The van der Waals surface area contributed by atoms with Gasteiger partial charge in [-0.05, 0) is 54.8 Å². The summed E-state index contributed by atoms with van der Waals surface area (Å²) in [5.41, 5.74) is 4.93. The van der Waals surface area contributed by atoms with Gasteiger partial charge in [0, 0.05) is 19.3 Å². The lowest BCUT2D eigenvalue weighted by molar-refractivity contribution is -0.127. The van der Waals surface area contributed by atoms with Crippen LogP contribution in [0.3, 0.4) is 0 Å². The Kier molecular flexibility index (Phi) is 7.52. The summed E-state index contributed by atoms with van der Waals surface area (Å²) in [6.45, 7) is 4.64. The van der Waals surface area contributed by atoms with E-state index in [9.17, 15) is 9.59 Å². The molecule has 8 nitrogen and oxygen atoms in total. The molecule has 1 N–H and O–H groups in total. The molecule has 0 unspecified atom stereocenters. The third-order valence-corrected chi connectivity index (χ3v) is 5.97. The van der Waals surface area contributed by atoms with E-state index in [1.165, 1.54) is 0 Å². The van der Waals surface area contributed by atoms with Crippen LogP contribution in [-0.2, 0) is 20.9 Å². The van der Waals surface area contributed by atoms with Crippen molar-refractivity contribution in [2.24, 2.45) is 0 Å². The number of hydrogen-bond acceptors (Lipinski definition) is 5. The van der Waals surface area contributed by atoms with Crippen LogP contribution in [-0.4, -0.2) is 47.1 Å². The summed E-state index contributed by atoms with van der Waals surface area (Å²) in [5.74, 6) is -0.567. The van der Waals surface area contributed by atoms with Crippen molar-refractivity contribution < 1.29 is 14.3 Å². The molecule has 1 atom stereocenters. The Morgan fingerprint density at radius 2 is 1.74 bits per heavy atom. The van der Waals surface area contributed by atoms with E-state index in [1.54, 1.807) is 16.7 Å². The number of rotatable bonds is 9. The van der Waals surface area contributed by atoms with Gasteiger partial charge in [0.1, 0.15) is 18.1 Å². The van der Waals surface area contributed by atoms with Gasteiger partial charge in [-0.25, -0.2) is 4.68 Å². The molecule has 8 heteroatoms. The molecule has 0 bridgehead atoms. The Hall–Kier alpha value is -4.04. The molecule has 0 saturated carbocycles. The van der Waals surface area contributed by atoms with E-state index in [1.807, 2.05) is 86.6 Å². The number of amides is 2. The molecule has 0 saturated heterocycles. The van der Waals surface area contributed by atoms with Crippen molar-refractivity contribution >= 4 is 28.5 Å². The van der Waals surface area contributed by atoms with Crippen molar-refractivity contribution in [1.29, 1.82) is 0 Å².